The summed E-state index contributed by atoms with van der Waals surface area (Å²) < 4.78 is 1.23. The molecule has 5 heteroatoms. The summed E-state index contributed by atoms with van der Waals surface area (Å²) >= 11 is 1.83. The Balaban J connectivity index is 0.000000532. The second-order valence-corrected chi connectivity index (χ2v) is 11.7. The summed E-state index contributed by atoms with van der Waals surface area (Å²) in [6.07, 6.45) is 1.17. The van der Waals surface area contributed by atoms with E-state index in [9.17, 15) is 4.79 Å². The van der Waals surface area contributed by atoms with Crippen LogP contribution in [0.1, 0.15) is 62.4 Å². The summed E-state index contributed by atoms with van der Waals surface area (Å²) in [5.41, 5.74) is 11.0. The molecule has 2 aromatic heterocycles. The first-order valence-corrected chi connectivity index (χ1v) is 13.0. The summed E-state index contributed by atoms with van der Waals surface area (Å²) in [6, 6.07) is 19.1. The van der Waals surface area contributed by atoms with Gasteiger partial charge in [0.2, 0.25) is 0 Å². The Labute approximate surface area is 239 Å². The van der Waals surface area contributed by atoms with E-state index in [1.165, 1.54) is 57.3 Å². The Bertz CT molecular complexity index is 1430. The van der Waals surface area contributed by atoms with Gasteiger partial charge in [-0.2, -0.15) is 0 Å². The Kier molecular flexibility index (Phi) is 10.2. The predicted octanol–water partition coefficient (Wildman–Crippen LogP) is 9.00. The molecule has 0 aliphatic rings. The molecule has 0 unspecified atom stereocenters. The molecule has 0 amide bonds. The summed E-state index contributed by atoms with van der Waals surface area (Å²) in [5.74, 6) is -0.0625. The molecule has 2 aromatic carbocycles. The number of allylic oxidation sites excluding steroid dienone is 2. The number of thiophene rings is 1. The van der Waals surface area contributed by atoms with Gasteiger partial charge in [0.15, 0.2) is 5.78 Å². The zero-order chi connectivity index (χ0) is 26.8. The average molecular weight is 691 g/mol. The summed E-state index contributed by atoms with van der Waals surface area (Å²) in [5, 5.41) is 8.36. The van der Waals surface area contributed by atoms with Crippen molar-refractivity contribution in [2.45, 2.75) is 67.7 Å². The van der Waals surface area contributed by atoms with Crippen molar-refractivity contribution in [1.82, 2.24) is 4.98 Å². The quantitative estimate of drug-likeness (QED) is 0.133. The number of nitrogens with zero attached hydrogens (tertiary/aromatic N) is 1. The van der Waals surface area contributed by atoms with Gasteiger partial charge in [0, 0.05) is 31.1 Å². The maximum absolute atomic E-state index is 10.0. The van der Waals surface area contributed by atoms with Crippen LogP contribution < -0.4 is 0 Å². The van der Waals surface area contributed by atoms with Crippen LogP contribution in [-0.4, -0.2) is 15.9 Å². The molecule has 3 nitrogen and oxygen atoms in total. The fraction of sp³-hybridized carbons (Fsp3) is 0.312. The number of ketones is 1. The zero-order valence-corrected chi connectivity index (χ0v) is 26.4. The number of carbonyl (C=O) groups excluding carboxylic acids is 1. The number of aryl methyl sites for hydroxylation is 4. The number of aromatic nitrogens is 1. The van der Waals surface area contributed by atoms with Crippen molar-refractivity contribution < 1.29 is 30.0 Å². The fourth-order valence-corrected chi connectivity index (χ4v) is 5.52. The molecule has 0 spiro atoms. The van der Waals surface area contributed by atoms with Gasteiger partial charge in [-0.05, 0) is 74.6 Å². The van der Waals surface area contributed by atoms with Gasteiger partial charge < -0.3 is 5.11 Å². The molecule has 4 aromatic rings. The van der Waals surface area contributed by atoms with Crippen LogP contribution in [0, 0.1) is 33.8 Å². The molecule has 1 N–H and O–H groups in total. The predicted molar refractivity (Wildman–Crippen MR) is 154 cm³/mol. The number of aliphatic hydroxyl groups is 1. The van der Waals surface area contributed by atoms with Crippen molar-refractivity contribution in [3.05, 3.63) is 88.2 Å². The Hall–Kier alpha value is -2.59. The largest absolute Gasteiger partial charge is 0.512 e. The number of carbonyl (C=O) groups is 1. The van der Waals surface area contributed by atoms with Gasteiger partial charge in [-0.1, -0.05) is 51.5 Å². The first kappa shape index (κ1) is 30.6. The van der Waals surface area contributed by atoms with Crippen LogP contribution in [-0.2, 0) is 30.3 Å². The Morgan fingerprint density at radius 3 is 2.11 bits per heavy atom. The third-order valence-corrected chi connectivity index (χ3v) is 6.96. The van der Waals surface area contributed by atoms with E-state index >= 15 is 0 Å². The molecule has 37 heavy (non-hydrogen) atoms. The van der Waals surface area contributed by atoms with Gasteiger partial charge in [-0.3, -0.25) is 9.78 Å². The van der Waals surface area contributed by atoms with Crippen molar-refractivity contribution in [2.75, 3.05) is 0 Å². The molecule has 4 rings (SSSR count). The molecule has 0 fully saturated rings. The molecular formula is C32H36IrNO2S-. The molecule has 2 heterocycles. The molecule has 0 saturated heterocycles. The number of aliphatic hydroxyl groups excluding tert-OH is 1. The minimum Gasteiger partial charge on any atom is -0.512 e. The van der Waals surface area contributed by atoms with Gasteiger partial charge >= 0.3 is 0 Å². The van der Waals surface area contributed by atoms with Crippen LogP contribution in [0.3, 0.4) is 0 Å². The first-order chi connectivity index (χ1) is 16.7. The van der Waals surface area contributed by atoms with Crippen molar-refractivity contribution in [3.8, 4) is 21.7 Å². The third-order valence-electron chi connectivity index (χ3n) is 5.85. The normalized spacial score (nSPS) is 11.5. The average Bonchev–Trinajstić information content (AvgIpc) is 3.14. The molecule has 1 radical (unpaired) electrons. The maximum atomic E-state index is 10.0. The van der Waals surface area contributed by atoms with E-state index in [-0.39, 0.29) is 37.1 Å². The van der Waals surface area contributed by atoms with Crippen LogP contribution in [0.2, 0.25) is 0 Å². The number of hydrogen-bond acceptors (Lipinski definition) is 4. The smallest absolute Gasteiger partial charge is 0.155 e. The Morgan fingerprint density at radius 1 is 0.973 bits per heavy atom. The first-order valence-electron chi connectivity index (χ1n) is 12.2. The maximum Gasteiger partial charge on any atom is 0.155 e. The number of pyridine rings is 1. The molecular weight excluding hydrogens is 655 g/mol. The van der Waals surface area contributed by atoms with Crippen LogP contribution in [0.15, 0.2) is 54.3 Å². The van der Waals surface area contributed by atoms with Gasteiger partial charge in [-0.25, -0.2) is 0 Å². The summed E-state index contributed by atoms with van der Waals surface area (Å²) in [6.45, 7) is 18.3. The van der Waals surface area contributed by atoms with Crippen LogP contribution in [0.4, 0.5) is 0 Å². The number of benzene rings is 2. The van der Waals surface area contributed by atoms with E-state index in [1.807, 2.05) is 11.3 Å². The van der Waals surface area contributed by atoms with E-state index in [0.29, 0.717) is 0 Å². The Morgan fingerprint density at radius 2 is 1.59 bits per heavy atom. The minimum atomic E-state index is -0.125. The van der Waals surface area contributed by atoms with E-state index in [0.717, 1.165) is 22.3 Å². The van der Waals surface area contributed by atoms with Crippen LogP contribution >= 0.6 is 11.3 Å². The third kappa shape index (κ3) is 7.94. The number of rotatable bonds is 3. The van der Waals surface area contributed by atoms with Crippen molar-refractivity contribution in [3.63, 3.8) is 0 Å². The van der Waals surface area contributed by atoms with Crippen molar-refractivity contribution in [1.29, 1.82) is 0 Å². The van der Waals surface area contributed by atoms with E-state index in [1.54, 1.807) is 0 Å². The topological polar surface area (TPSA) is 50.2 Å². The second-order valence-electron chi connectivity index (χ2n) is 10.6. The molecule has 0 aliphatic carbocycles. The molecule has 0 bridgehead atoms. The van der Waals surface area contributed by atoms with Crippen molar-refractivity contribution in [2.24, 2.45) is 0 Å². The van der Waals surface area contributed by atoms with Gasteiger partial charge in [0.1, 0.15) is 0 Å². The number of fused-ring (bicyclic) bond motifs is 1. The second kappa shape index (κ2) is 12.3. The summed E-state index contributed by atoms with van der Waals surface area (Å²) in [4.78, 5) is 16.3. The zero-order valence-electron chi connectivity index (χ0n) is 23.2. The number of hydrogen-bond donors (Lipinski definition) is 1. The van der Waals surface area contributed by atoms with E-state index < -0.39 is 0 Å². The van der Waals surface area contributed by atoms with Crippen molar-refractivity contribution >= 4 is 27.3 Å². The standard InChI is InChI=1S/C27H28NS.C5H8O2.Ir/c1-16-10-18(3)26(19(4)11-16)25-15-23-24(29-25)9-8-22(28-23)20-12-17(2)13-21(14-20)27(5,6)7;1-4(6)3-5(2)7;/h8-11,13-15H,1-7H3;3,6H,1-2H3;/q-1;;/b;4-3-;. The monoisotopic (exact) mass is 691 g/mol. The van der Waals surface area contributed by atoms with E-state index in [4.69, 9.17) is 10.1 Å². The molecule has 0 aliphatic heterocycles. The van der Waals surface area contributed by atoms with Gasteiger partial charge in [0.25, 0.3) is 0 Å². The molecule has 0 saturated carbocycles. The fourth-order valence-electron chi connectivity index (χ4n) is 4.35. The van der Waals surface area contributed by atoms with E-state index in [2.05, 4.69) is 97.0 Å². The molecule has 197 valence electrons. The summed E-state index contributed by atoms with van der Waals surface area (Å²) in [7, 11) is 0. The van der Waals surface area contributed by atoms with Gasteiger partial charge in [-0.15, -0.1) is 46.2 Å². The molecule has 0 atom stereocenters. The van der Waals surface area contributed by atoms with Crippen LogP contribution in [0.25, 0.3) is 31.9 Å². The van der Waals surface area contributed by atoms with Crippen LogP contribution in [0.5, 0.6) is 0 Å². The minimum absolute atomic E-state index is 0. The van der Waals surface area contributed by atoms with Gasteiger partial charge in [0.05, 0.1) is 16.0 Å². The SMILES string of the molecule is CC(=O)/C=C(/C)O.Cc1[c-]c(-c2ccc3sc(-c4c(C)cc(C)cc4C)cc3n2)cc(C(C)(C)C)c1.[Ir].